The summed E-state index contributed by atoms with van der Waals surface area (Å²) in [4.78, 5) is 107. The highest BCUT2D eigenvalue weighted by Crippen LogP contribution is 2.31. The van der Waals surface area contributed by atoms with Crippen molar-refractivity contribution < 1.29 is 95.9 Å². The van der Waals surface area contributed by atoms with Gasteiger partial charge < -0.3 is 101 Å². The lowest BCUT2D eigenvalue weighted by Gasteiger charge is -2.37. The Hall–Kier alpha value is -7.46. The molecule has 7 amide bonds. The second-order valence-electron chi connectivity index (χ2n) is 23.5. The number of hydrogen-bond donors (Lipinski definition) is 14. The van der Waals surface area contributed by atoms with Crippen molar-refractivity contribution in [1.82, 2.24) is 36.4 Å². The van der Waals surface area contributed by atoms with Crippen molar-refractivity contribution >= 4 is 63.1 Å². The van der Waals surface area contributed by atoms with Crippen molar-refractivity contribution in [2.75, 3.05) is 82.5 Å². The second kappa shape index (κ2) is 32.7. The molecule has 4 aliphatic rings. The molecular weight excluding hydrogens is 1210 g/mol. The van der Waals surface area contributed by atoms with Gasteiger partial charge in [0, 0.05) is 102 Å². The average molecular weight is 1300 g/mol. The number of fused-ring (bicyclic) bond motifs is 2. The number of piperazine rings is 1. The van der Waals surface area contributed by atoms with Gasteiger partial charge >= 0.3 is 10.4 Å². The van der Waals surface area contributed by atoms with E-state index in [9.17, 15) is 82.3 Å². The number of benzene rings is 3. The van der Waals surface area contributed by atoms with Gasteiger partial charge in [-0.25, -0.2) is 0 Å². The van der Waals surface area contributed by atoms with Gasteiger partial charge in [0.1, 0.15) is 42.0 Å². The van der Waals surface area contributed by atoms with Crippen LogP contribution < -0.4 is 51.0 Å². The number of nitrogens with one attached hydrogen (secondary N) is 5. The zero-order valence-electron chi connectivity index (χ0n) is 51.0. The molecule has 3 aromatic carbocycles. The van der Waals surface area contributed by atoms with Gasteiger partial charge in [-0.1, -0.05) is 32.3 Å². The Morgan fingerprint density at radius 3 is 1.92 bits per heavy atom. The molecule has 4 unspecified atom stereocenters. The highest BCUT2D eigenvalue weighted by Gasteiger charge is 2.50. The van der Waals surface area contributed by atoms with Crippen LogP contribution in [0.1, 0.15) is 81.1 Å². The number of nitrogens with two attached hydrogens (primary N) is 1. The number of carbonyl (C=O) groups excluding carboxylic acids is 7. The van der Waals surface area contributed by atoms with Gasteiger partial charge in [-0.2, -0.15) is 8.42 Å². The van der Waals surface area contributed by atoms with E-state index in [0.717, 1.165) is 90.8 Å². The fourth-order valence-corrected chi connectivity index (χ4v) is 12.0. The highest BCUT2D eigenvalue weighted by molar-refractivity contribution is 7.81. The predicted molar refractivity (Wildman–Crippen MR) is 327 cm³/mol. The van der Waals surface area contributed by atoms with Gasteiger partial charge in [-0.05, 0) is 99.0 Å². The topological polar surface area (TPSA) is 442 Å². The molecule has 15 N–H and O–H groups in total. The number of aromatic hydroxyl groups is 1. The van der Waals surface area contributed by atoms with E-state index in [2.05, 4.69) is 40.6 Å². The summed E-state index contributed by atoms with van der Waals surface area (Å²) in [5.41, 5.74) is 7.60. The van der Waals surface area contributed by atoms with Crippen LogP contribution in [0.5, 0.6) is 17.2 Å². The molecule has 0 spiro atoms. The third-order valence-corrected chi connectivity index (χ3v) is 17.0. The van der Waals surface area contributed by atoms with Crippen LogP contribution in [0.3, 0.4) is 0 Å². The van der Waals surface area contributed by atoms with Crippen molar-refractivity contribution in [3.63, 3.8) is 0 Å². The standard InChI is InChI=1S/C60H86N10O20S/c1-34-32-70-52(53(34)77)58(82)62-31-40(72)29-43(63-54(78)37-10-12-38(13-11-37)67-21-23-68(24-22-67)39-14-16-42(17-15-39)89-26-8-6-4-5-7-25-88-3)55(79)64-49(35(2)71)59(83)69-33-41(73)30-44(69)56(80)65-50(57(81)66-51(60(70)84)46(75)19-20-61)47(76)27-36-9-18-45(74)48(28-36)90-91(85,86)87/h9-18,28,34-35,40-41,43-44,46-47,49-53,71-77H,4-8,19-27,29-33,61H2,1-3H3,(H,62,82)(H,63,78)(H,64,79)(H,65,80)(H,66,81)(H,85,86,87)/t34-,35+,40+,41+,43?,44?,46+,47+,49-,50-,51?,52?,53-/m0/s1. The van der Waals surface area contributed by atoms with Crippen LogP contribution in [0, 0.1) is 5.92 Å². The summed E-state index contributed by atoms with van der Waals surface area (Å²) in [6.45, 7) is 4.85. The van der Waals surface area contributed by atoms with Gasteiger partial charge in [0.25, 0.3) is 5.91 Å². The van der Waals surface area contributed by atoms with E-state index in [4.69, 9.17) is 15.2 Å². The second-order valence-corrected chi connectivity index (χ2v) is 24.5. The van der Waals surface area contributed by atoms with E-state index in [1.807, 2.05) is 24.3 Å². The Bertz CT molecular complexity index is 3090. The largest absolute Gasteiger partial charge is 0.504 e. The van der Waals surface area contributed by atoms with E-state index in [-0.39, 0.29) is 30.6 Å². The molecule has 4 heterocycles. The summed E-state index contributed by atoms with van der Waals surface area (Å²) in [6.07, 6.45) is -7.27. The van der Waals surface area contributed by atoms with Crippen LogP contribution in [0.2, 0.25) is 0 Å². The first-order valence-corrected chi connectivity index (χ1v) is 31.8. The molecule has 4 fully saturated rings. The minimum atomic E-state index is -5.21. The Kier molecular flexibility index (Phi) is 25.5. The molecule has 30 nitrogen and oxygen atoms in total. The molecule has 31 heteroatoms. The first-order chi connectivity index (χ1) is 43.3. The Balaban J connectivity index is 1.11. The molecule has 4 saturated heterocycles. The normalized spacial score (nSPS) is 26.1. The molecule has 0 saturated carbocycles. The molecule has 0 aromatic heterocycles. The first kappa shape index (κ1) is 71.0. The quantitative estimate of drug-likeness (QED) is 0.0356. The number of β-amino-alcohol motifs (C(OH)–C–C–N with tert-alkyl or cyclic N) is 1. The number of aliphatic hydroxyl groups is 6. The van der Waals surface area contributed by atoms with E-state index < -0.39 is 174 Å². The fourth-order valence-electron chi connectivity index (χ4n) is 11.6. The number of phenolic OH excluding ortho intramolecular Hbond substituents is 1. The number of ether oxygens (including phenoxy) is 2. The lowest BCUT2D eigenvalue weighted by Crippen LogP contribution is -2.64. The molecule has 0 bridgehead atoms. The van der Waals surface area contributed by atoms with Crippen molar-refractivity contribution in [1.29, 1.82) is 0 Å². The minimum Gasteiger partial charge on any atom is -0.504 e. The molecule has 502 valence electrons. The van der Waals surface area contributed by atoms with E-state index >= 15 is 0 Å². The summed E-state index contributed by atoms with van der Waals surface area (Å²) in [5, 5.41) is 90.7. The minimum absolute atomic E-state index is 0.0761. The van der Waals surface area contributed by atoms with Crippen LogP contribution in [0.25, 0.3) is 0 Å². The monoisotopic (exact) mass is 1300 g/mol. The molecule has 3 aromatic rings. The number of methoxy groups -OCH3 is 1. The van der Waals surface area contributed by atoms with E-state index in [1.165, 1.54) is 19.1 Å². The van der Waals surface area contributed by atoms with Crippen molar-refractivity contribution in [2.45, 2.75) is 145 Å². The summed E-state index contributed by atoms with van der Waals surface area (Å²) < 4.78 is 47.9. The molecule has 7 rings (SSSR count). The number of anilines is 2. The smallest absolute Gasteiger partial charge is 0.446 e. The molecule has 91 heavy (non-hydrogen) atoms. The Morgan fingerprint density at radius 2 is 1.31 bits per heavy atom. The van der Waals surface area contributed by atoms with Crippen LogP contribution >= 0.6 is 0 Å². The Labute approximate surface area is 527 Å². The number of unbranched alkanes of at least 4 members (excludes halogenated alkanes) is 4. The van der Waals surface area contributed by atoms with Crippen LogP contribution in [-0.4, -0.2) is 245 Å². The van der Waals surface area contributed by atoms with Gasteiger partial charge in [0.05, 0.1) is 43.2 Å². The third-order valence-electron chi connectivity index (χ3n) is 16.6. The number of aliphatic hydroxyl groups excluding tert-OH is 6. The number of phenols is 1. The van der Waals surface area contributed by atoms with Gasteiger partial charge in [0.2, 0.25) is 35.4 Å². The van der Waals surface area contributed by atoms with Crippen molar-refractivity contribution in [3.05, 3.63) is 77.9 Å². The van der Waals surface area contributed by atoms with Crippen molar-refractivity contribution in [3.8, 4) is 17.2 Å². The Morgan fingerprint density at radius 1 is 0.714 bits per heavy atom. The first-order valence-electron chi connectivity index (χ1n) is 30.5. The highest BCUT2D eigenvalue weighted by atomic mass is 32.3. The van der Waals surface area contributed by atoms with Crippen LogP contribution in [-0.2, 0) is 50.3 Å². The number of rotatable bonds is 22. The number of nitrogens with zero attached hydrogens (tertiary/aromatic N) is 4. The molecule has 4 aliphatic heterocycles. The maximum atomic E-state index is 14.7. The van der Waals surface area contributed by atoms with Gasteiger partial charge in [-0.3, -0.25) is 38.1 Å². The fraction of sp³-hybridized carbons (Fsp3) is 0.583. The molecular formula is C60H86N10O20S. The third kappa shape index (κ3) is 19.3. The van der Waals surface area contributed by atoms with Crippen LogP contribution in [0.4, 0.5) is 11.4 Å². The number of hydrogen-bond acceptors (Lipinski definition) is 22. The van der Waals surface area contributed by atoms with Gasteiger partial charge in [0.15, 0.2) is 11.5 Å². The number of carbonyl (C=O) groups is 7. The summed E-state index contributed by atoms with van der Waals surface area (Å²) in [6, 6.07) is 6.10. The maximum absolute atomic E-state index is 14.7. The SMILES string of the molecule is COCCCCCCCOc1ccc(N2CCN(c3ccc(C(=O)NC4C[C@@H](O)CNC(=O)C5[C@@H](O)[C@@H](C)CN5C(=O)C([C@H](O)CCN)NC(=O)[C@H]([C@H](O)Cc5ccc(O)c(OS(=O)(=O)O)c5)NC(=O)C5C[C@@H](O)CN5C(=O)[C@H]([C@@H](C)O)NC4=O)cc3)CC2)cc1. The lowest BCUT2D eigenvalue weighted by atomic mass is 9.98. The molecule has 0 radical (unpaired) electrons. The van der Waals surface area contributed by atoms with E-state index in [1.54, 1.807) is 19.2 Å². The maximum Gasteiger partial charge on any atom is 0.446 e. The predicted octanol–water partition coefficient (Wildman–Crippen LogP) is -2.83. The van der Waals surface area contributed by atoms with Crippen LogP contribution in [0.15, 0.2) is 66.7 Å². The zero-order chi connectivity index (χ0) is 66.3. The number of amides is 7. The van der Waals surface area contributed by atoms with E-state index in [0.29, 0.717) is 32.8 Å². The van der Waals surface area contributed by atoms with Crippen molar-refractivity contribution in [2.24, 2.45) is 11.7 Å². The lowest BCUT2D eigenvalue weighted by molar-refractivity contribution is -0.147. The summed E-state index contributed by atoms with van der Waals surface area (Å²) >= 11 is 0. The molecule has 13 atom stereocenters. The average Bonchev–Trinajstić information content (AvgIpc) is 1.73. The van der Waals surface area contributed by atoms with Gasteiger partial charge in [-0.15, -0.1) is 0 Å². The zero-order valence-corrected chi connectivity index (χ0v) is 51.9. The molecule has 0 aliphatic carbocycles. The summed E-state index contributed by atoms with van der Waals surface area (Å²) in [5.74, 6) is -9.54. The summed E-state index contributed by atoms with van der Waals surface area (Å²) in [7, 11) is -3.50.